The molecule has 1 rings (SSSR count). The molecule has 0 saturated carbocycles. The van der Waals surface area contributed by atoms with E-state index in [9.17, 15) is 4.79 Å². The number of halogens is 1. The first-order chi connectivity index (χ1) is 7.15. The summed E-state index contributed by atoms with van der Waals surface area (Å²) in [6, 6.07) is 8.49. The van der Waals surface area contributed by atoms with Crippen LogP contribution < -0.4 is 4.74 Å². The highest BCUT2D eigenvalue weighted by Crippen LogP contribution is 2.23. The number of hydrogen-bond acceptors (Lipinski definition) is 3. The first-order valence-electron chi connectivity index (χ1n) is 4.19. The number of amides is 1. The smallest absolute Gasteiger partial charge is 0.409 e. The van der Waals surface area contributed by atoms with E-state index in [1.807, 2.05) is 6.07 Å². The van der Waals surface area contributed by atoms with Gasteiger partial charge in [0.25, 0.3) is 0 Å². The largest absolute Gasteiger partial charge is 0.415 e. The molecule has 0 fully saturated rings. The highest BCUT2D eigenvalue weighted by molar-refractivity contribution is 6.32. The predicted molar refractivity (Wildman–Crippen MR) is 55.7 cm³/mol. The molecule has 1 aromatic rings. The second-order valence-corrected chi connectivity index (χ2v) is 3.22. The second-order valence-electron chi connectivity index (χ2n) is 2.81. The summed E-state index contributed by atoms with van der Waals surface area (Å²) in [6.07, 6.45) is -0.607. The van der Waals surface area contributed by atoms with E-state index in [-0.39, 0.29) is 12.3 Å². The van der Waals surface area contributed by atoms with Crippen LogP contribution in [0.2, 0.25) is 5.02 Å². The van der Waals surface area contributed by atoms with E-state index < -0.39 is 6.09 Å². The fourth-order valence-electron chi connectivity index (χ4n) is 0.870. The molecule has 0 atom stereocenters. The van der Waals surface area contributed by atoms with Gasteiger partial charge in [0.2, 0.25) is 0 Å². The average molecular weight is 225 g/mol. The van der Waals surface area contributed by atoms with E-state index in [4.69, 9.17) is 21.6 Å². The van der Waals surface area contributed by atoms with Crippen LogP contribution >= 0.6 is 11.6 Å². The number of ether oxygens (including phenoxy) is 1. The van der Waals surface area contributed by atoms with Gasteiger partial charge in [0.05, 0.1) is 11.1 Å². The van der Waals surface area contributed by atoms with Crippen LogP contribution in [0.25, 0.3) is 0 Å². The van der Waals surface area contributed by atoms with Gasteiger partial charge >= 0.3 is 6.09 Å². The molecule has 1 amide bonds. The summed E-state index contributed by atoms with van der Waals surface area (Å²) in [4.78, 5) is 12.5. The van der Waals surface area contributed by atoms with Crippen molar-refractivity contribution in [2.75, 3.05) is 13.6 Å². The summed E-state index contributed by atoms with van der Waals surface area (Å²) < 4.78 is 4.96. The molecule has 0 unspecified atom stereocenters. The van der Waals surface area contributed by atoms with E-state index in [2.05, 4.69) is 0 Å². The van der Waals surface area contributed by atoms with Crippen molar-refractivity contribution >= 4 is 17.7 Å². The van der Waals surface area contributed by atoms with Crippen molar-refractivity contribution in [1.82, 2.24) is 4.90 Å². The maximum Gasteiger partial charge on any atom is 0.415 e. The zero-order valence-corrected chi connectivity index (χ0v) is 8.86. The minimum absolute atomic E-state index is 0.0245. The lowest BCUT2D eigenvalue weighted by Gasteiger charge is -2.13. The fraction of sp³-hybridized carbons (Fsp3) is 0.200. The Bertz CT molecular complexity index is 401. The third kappa shape index (κ3) is 3.15. The SMILES string of the molecule is CN(CC#N)C(=O)Oc1ccccc1Cl. The molecular weight excluding hydrogens is 216 g/mol. The van der Waals surface area contributed by atoms with Crippen LogP contribution in [-0.4, -0.2) is 24.6 Å². The van der Waals surface area contributed by atoms with Gasteiger partial charge in [-0.1, -0.05) is 23.7 Å². The molecule has 0 aromatic heterocycles. The zero-order chi connectivity index (χ0) is 11.3. The van der Waals surface area contributed by atoms with E-state index in [0.29, 0.717) is 5.02 Å². The van der Waals surface area contributed by atoms with Gasteiger partial charge < -0.3 is 4.74 Å². The van der Waals surface area contributed by atoms with Crippen LogP contribution in [0.1, 0.15) is 0 Å². The number of hydrogen-bond donors (Lipinski definition) is 0. The van der Waals surface area contributed by atoms with Crippen LogP contribution in [0.5, 0.6) is 5.75 Å². The van der Waals surface area contributed by atoms with Gasteiger partial charge in [-0.25, -0.2) is 4.79 Å². The van der Waals surface area contributed by atoms with Gasteiger partial charge in [0.1, 0.15) is 6.54 Å². The third-order valence-electron chi connectivity index (χ3n) is 1.65. The Hall–Kier alpha value is -1.73. The first kappa shape index (κ1) is 11.3. The van der Waals surface area contributed by atoms with Crippen molar-refractivity contribution in [1.29, 1.82) is 5.26 Å². The Labute approximate surface area is 92.6 Å². The Balaban J connectivity index is 2.67. The topological polar surface area (TPSA) is 53.3 Å². The monoisotopic (exact) mass is 224 g/mol. The van der Waals surface area contributed by atoms with E-state index in [1.165, 1.54) is 7.05 Å². The quantitative estimate of drug-likeness (QED) is 0.725. The van der Waals surface area contributed by atoms with Crippen LogP contribution in [0, 0.1) is 11.3 Å². The molecule has 0 bridgehead atoms. The summed E-state index contributed by atoms with van der Waals surface area (Å²) in [5.41, 5.74) is 0. The number of benzene rings is 1. The molecule has 4 nitrogen and oxygen atoms in total. The van der Waals surface area contributed by atoms with Crippen LogP contribution in [0.15, 0.2) is 24.3 Å². The standard InChI is InChI=1S/C10H9ClN2O2/c1-13(7-6-12)10(14)15-9-5-3-2-4-8(9)11/h2-5H,7H2,1H3. The minimum atomic E-state index is -0.607. The molecule has 0 N–H and O–H groups in total. The maximum atomic E-state index is 11.3. The van der Waals surface area contributed by atoms with Crippen LogP contribution in [0.4, 0.5) is 4.79 Å². The summed E-state index contributed by atoms with van der Waals surface area (Å²) >= 11 is 5.79. The molecule has 0 aliphatic carbocycles. The van der Waals surface area contributed by atoms with E-state index in [1.54, 1.807) is 24.3 Å². The summed E-state index contributed by atoms with van der Waals surface area (Å²) in [5.74, 6) is 0.286. The number of para-hydroxylation sites is 1. The molecule has 0 saturated heterocycles. The Kier molecular flexibility index (Phi) is 3.95. The number of nitriles is 1. The van der Waals surface area contributed by atoms with Gasteiger partial charge in [0, 0.05) is 7.05 Å². The fourth-order valence-corrected chi connectivity index (χ4v) is 1.04. The summed E-state index contributed by atoms with van der Waals surface area (Å²) in [5, 5.41) is 8.74. The van der Waals surface area contributed by atoms with Crippen LogP contribution in [-0.2, 0) is 0 Å². The second kappa shape index (κ2) is 5.23. The summed E-state index contributed by atoms with van der Waals surface area (Å²) in [6.45, 7) is -0.0245. The van der Waals surface area contributed by atoms with Gasteiger partial charge in [0.15, 0.2) is 5.75 Å². The molecule has 15 heavy (non-hydrogen) atoms. The molecule has 0 radical (unpaired) electrons. The molecular formula is C10H9ClN2O2. The van der Waals surface area contributed by atoms with Crippen molar-refractivity contribution < 1.29 is 9.53 Å². The molecule has 0 heterocycles. The van der Waals surface area contributed by atoms with Crippen molar-refractivity contribution in [2.24, 2.45) is 0 Å². The first-order valence-corrected chi connectivity index (χ1v) is 4.57. The molecule has 0 spiro atoms. The van der Waals surface area contributed by atoms with Crippen LogP contribution in [0.3, 0.4) is 0 Å². The molecule has 0 aliphatic heterocycles. The van der Waals surface area contributed by atoms with Crippen molar-refractivity contribution in [3.8, 4) is 11.8 Å². The Morgan fingerprint density at radius 1 is 1.60 bits per heavy atom. The van der Waals surface area contributed by atoms with Gasteiger partial charge in [-0.05, 0) is 12.1 Å². The minimum Gasteiger partial charge on any atom is -0.409 e. The molecule has 5 heteroatoms. The van der Waals surface area contributed by atoms with Gasteiger partial charge in [-0.3, -0.25) is 4.90 Å². The number of nitrogens with zero attached hydrogens (tertiary/aromatic N) is 2. The summed E-state index contributed by atoms with van der Waals surface area (Å²) in [7, 11) is 1.47. The van der Waals surface area contributed by atoms with E-state index in [0.717, 1.165) is 4.90 Å². The lowest BCUT2D eigenvalue weighted by Crippen LogP contribution is -2.29. The normalized spacial score (nSPS) is 9.13. The van der Waals surface area contributed by atoms with Crippen molar-refractivity contribution in [2.45, 2.75) is 0 Å². The number of carbonyl (C=O) groups excluding carboxylic acids is 1. The van der Waals surface area contributed by atoms with Gasteiger partial charge in [-0.2, -0.15) is 5.26 Å². The lowest BCUT2D eigenvalue weighted by atomic mass is 10.3. The average Bonchev–Trinajstić information content (AvgIpc) is 2.21. The van der Waals surface area contributed by atoms with E-state index >= 15 is 0 Å². The van der Waals surface area contributed by atoms with Crippen molar-refractivity contribution in [3.05, 3.63) is 29.3 Å². The Morgan fingerprint density at radius 3 is 2.87 bits per heavy atom. The van der Waals surface area contributed by atoms with Gasteiger partial charge in [-0.15, -0.1) is 0 Å². The number of rotatable bonds is 2. The Morgan fingerprint density at radius 2 is 2.27 bits per heavy atom. The van der Waals surface area contributed by atoms with Crippen molar-refractivity contribution in [3.63, 3.8) is 0 Å². The predicted octanol–water partition coefficient (Wildman–Crippen LogP) is 2.29. The lowest BCUT2D eigenvalue weighted by molar-refractivity contribution is 0.168. The number of carbonyl (C=O) groups is 1. The molecule has 0 aliphatic rings. The third-order valence-corrected chi connectivity index (χ3v) is 1.97. The highest BCUT2D eigenvalue weighted by atomic mass is 35.5. The highest BCUT2D eigenvalue weighted by Gasteiger charge is 2.11. The molecule has 78 valence electrons. The zero-order valence-electron chi connectivity index (χ0n) is 8.11. The molecule has 1 aromatic carbocycles. The maximum absolute atomic E-state index is 11.3.